The number of nitrogens with one attached hydrogen (secondary N) is 1. The smallest absolute Gasteiger partial charge is 0.267 e. The molecule has 0 saturated carbocycles. The minimum Gasteiger partial charge on any atom is -0.381 e. The molecule has 10 heteroatoms. The van der Waals surface area contributed by atoms with Gasteiger partial charge in [-0.25, -0.2) is 14.5 Å². The number of benzene rings is 2. The quantitative estimate of drug-likeness (QED) is 0.317. The Morgan fingerprint density at radius 1 is 1.10 bits per heavy atom. The van der Waals surface area contributed by atoms with E-state index < -0.39 is 11.9 Å². The standard InChI is InChI=1S/C32H31N7O3/c1-19-17-22(18-20(2)42-19)13-14-23-9-7-12-25-26(23)32(41)39(24-10-5-4-6-11-24)29(36-25)21(3)35-31(40)27-28(33)37-38-16-8-15-34-30(27)38/h4-12,15-16,19-22H,17-18H2,1-3H3,(H2,33,37)(H,35,40)/t19?,20?,21-,22?/m1/s1. The average Bonchev–Trinajstić information content (AvgIpc) is 3.31. The van der Waals surface area contributed by atoms with Crippen LogP contribution in [0.15, 0.2) is 71.8 Å². The van der Waals surface area contributed by atoms with Crippen molar-refractivity contribution in [1.82, 2.24) is 29.5 Å². The van der Waals surface area contributed by atoms with E-state index in [1.54, 1.807) is 31.5 Å². The van der Waals surface area contributed by atoms with Crippen LogP contribution in [0, 0.1) is 17.8 Å². The summed E-state index contributed by atoms with van der Waals surface area (Å²) in [6, 6.07) is 15.8. The molecule has 3 atom stereocenters. The van der Waals surface area contributed by atoms with Gasteiger partial charge >= 0.3 is 0 Å². The average molecular weight is 562 g/mol. The van der Waals surface area contributed by atoms with Gasteiger partial charge in [0.05, 0.1) is 34.8 Å². The number of carbonyl (C=O) groups excluding carboxylic acids is 1. The molecular weight excluding hydrogens is 530 g/mol. The van der Waals surface area contributed by atoms with Gasteiger partial charge in [-0.05, 0) is 63.9 Å². The highest BCUT2D eigenvalue weighted by Gasteiger charge is 2.25. The van der Waals surface area contributed by atoms with E-state index >= 15 is 0 Å². The fraction of sp³-hybridized carbons (Fsp3) is 0.281. The number of ether oxygens (including phenoxy) is 1. The lowest BCUT2D eigenvalue weighted by Gasteiger charge is -2.29. The van der Waals surface area contributed by atoms with Crippen molar-refractivity contribution in [1.29, 1.82) is 0 Å². The van der Waals surface area contributed by atoms with E-state index in [4.69, 9.17) is 15.5 Å². The van der Waals surface area contributed by atoms with Crippen molar-refractivity contribution in [3.8, 4) is 17.5 Å². The second-order valence-corrected chi connectivity index (χ2v) is 10.7. The number of anilines is 1. The molecule has 2 aromatic carbocycles. The third-order valence-electron chi connectivity index (χ3n) is 7.43. The summed E-state index contributed by atoms with van der Waals surface area (Å²) in [4.78, 5) is 36.8. The van der Waals surface area contributed by atoms with Gasteiger partial charge in [0.1, 0.15) is 11.4 Å². The fourth-order valence-corrected chi connectivity index (χ4v) is 5.63. The first-order valence-corrected chi connectivity index (χ1v) is 14.0. The van der Waals surface area contributed by atoms with Gasteiger partial charge in [0.2, 0.25) is 0 Å². The SMILES string of the molecule is CC1CC(C#Cc2cccc3nc([C@@H](C)NC(=O)c4c(N)nn5cccnc45)n(-c4ccccc4)c(=O)c23)CC(C)O1. The van der Waals surface area contributed by atoms with Gasteiger partial charge in [0.15, 0.2) is 11.5 Å². The van der Waals surface area contributed by atoms with Gasteiger partial charge in [-0.3, -0.25) is 14.2 Å². The predicted octanol–water partition coefficient (Wildman–Crippen LogP) is 4.06. The number of aromatic nitrogens is 5. The molecule has 1 aliphatic heterocycles. The summed E-state index contributed by atoms with van der Waals surface area (Å²) >= 11 is 0. The van der Waals surface area contributed by atoms with Crippen LogP contribution in [-0.4, -0.2) is 42.3 Å². The summed E-state index contributed by atoms with van der Waals surface area (Å²) < 4.78 is 8.85. The second-order valence-electron chi connectivity index (χ2n) is 10.7. The molecule has 5 aromatic rings. The molecule has 0 bridgehead atoms. The number of hydrogen-bond acceptors (Lipinski definition) is 7. The maximum Gasteiger partial charge on any atom is 0.267 e. The number of nitrogen functional groups attached to an aromatic ring is 1. The molecule has 1 aliphatic rings. The molecule has 10 nitrogen and oxygen atoms in total. The molecule has 2 unspecified atom stereocenters. The van der Waals surface area contributed by atoms with Crippen molar-refractivity contribution in [2.24, 2.45) is 5.92 Å². The molecule has 1 amide bonds. The summed E-state index contributed by atoms with van der Waals surface area (Å²) in [5, 5.41) is 7.57. The molecule has 0 spiro atoms. The van der Waals surface area contributed by atoms with Gasteiger partial charge in [0.25, 0.3) is 11.5 Å². The second kappa shape index (κ2) is 11.1. The van der Waals surface area contributed by atoms with Gasteiger partial charge in [-0.1, -0.05) is 36.1 Å². The van der Waals surface area contributed by atoms with Gasteiger partial charge in [0, 0.05) is 23.9 Å². The maximum atomic E-state index is 14.3. The Kier molecular flexibility index (Phi) is 7.19. The normalized spacial score (nSPS) is 19.3. The summed E-state index contributed by atoms with van der Waals surface area (Å²) in [6.07, 6.45) is 5.22. The highest BCUT2D eigenvalue weighted by atomic mass is 16.5. The van der Waals surface area contributed by atoms with Crippen molar-refractivity contribution in [2.45, 2.75) is 51.9 Å². The van der Waals surface area contributed by atoms with Crippen molar-refractivity contribution >= 4 is 28.3 Å². The van der Waals surface area contributed by atoms with E-state index in [0.29, 0.717) is 33.6 Å². The predicted molar refractivity (Wildman–Crippen MR) is 160 cm³/mol. The zero-order valence-electron chi connectivity index (χ0n) is 23.6. The third kappa shape index (κ3) is 5.10. The van der Waals surface area contributed by atoms with Crippen LogP contribution < -0.4 is 16.6 Å². The Morgan fingerprint density at radius 2 is 1.86 bits per heavy atom. The topological polar surface area (TPSA) is 129 Å². The number of nitrogens with two attached hydrogens (primary N) is 1. The number of rotatable bonds is 4. The van der Waals surface area contributed by atoms with E-state index in [1.807, 2.05) is 42.5 Å². The van der Waals surface area contributed by atoms with Gasteiger partial charge in [-0.15, -0.1) is 5.10 Å². The zero-order chi connectivity index (χ0) is 29.4. The van der Waals surface area contributed by atoms with Crippen molar-refractivity contribution in [3.05, 3.63) is 94.3 Å². The van der Waals surface area contributed by atoms with Crippen LogP contribution in [0.5, 0.6) is 0 Å². The molecule has 3 N–H and O–H groups in total. The van der Waals surface area contributed by atoms with Gasteiger partial charge < -0.3 is 15.8 Å². The summed E-state index contributed by atoms with van der Waals surface area (Å²) in [6.45, 7) is 5.90. The minimum absolute atomic E-state index is 0.0573. The Hall–Kier alpha value is -5.01. The third-order valence-corrected chi connectivity index (χ3v) is 7.43. The largest absolute Gasteiger partial charge is 0.381 e. The molecule has 0 aliphatic carbocycles. The van der Waals surface area contributed by atoms with Crippen LogP contribution in [0.4, 0.5) is 5.82 Å². The highest BCUT2D eigenvalue weighted by Crippen LogP contribution is 2.25. The van der Waals surface area contributed by atoms with Crippen LogP contribution in [0.25, 0.3) is 22.2 Å². The molecule has 42 heavy (non-hydrogen) atoms. The Balaban J connectivity index is 1.43. The number of nitrogens with zero attached hydrogens (tertiary/aromatic N) is 5. The van der Waals surface area contributed by atoms with E-state index in [1.165, 1.54) is 9.08 Å². The highest BCUT2D eigenvalue weighted by molar-refractivity contribution is 6.04. The first-order valence-electron chi connectivity index (χ1n) is 14.0. The zero-order valence-corrected chi connectivity index (χ0v) is 23.6. The van der Waals surface area contributed by atoms with Crippen molar-refractivity contribution < 1.29 is 9.53 Å². The molecule has 6 rings (SSSR count). The first-order chi connectivity index (χ1) is 20.3. The Bertz CT molecular complexity index is 1910. The summed E-state index contributed by atoms with van der Waals surface area (Å²) in [5.41, 5.74) is 8.05. The maximum absolute atomic E-state index is 14.3. The molecule has 212 valence electrons. The fourth-order valence-electron chi connectivity index (χ4n) is 5.63. The number of para-hydroxylation sites is 1. The monoisotopic (exact) mass is 561 g/mol. The molecule has 0 radical (unpaired) electrons. The lowest BCUT2D eigenvalue weighted by atomic mass is 9.93. The van der Waals surface area contributed by atoms with Crippen LogP contribution in [0.1, 0.15) is 61.4 Å². The number of hydrogen-bond donors (Lipinski definition) is 2. The molecule has 1 fully saturated rings. The molecule has 4 heterocycles. The van der Waals surface area contributed by atoms with E-state index in [2.05, 4.69) is 41.1 Å². The van der Waals surface area contributed by atoms with Crippen LogP contribution in [-0.2, 0) is 4.74 Å². The van der Waals surface area contributed by atoms with E-state index in [-0.39, 0.29) is 35.1 Å². The molecule has 3 aromatic heterocycles. The van der Waals surface area contributed by atoms with Crippen LogP contribution in [0.2, 0.25) is 0 Å². The number of amides is 1. The summed E-state index contributed by atoms with van der Waals surface area (Å²) in [5.74, 6) is 6.80. The Labute approximate surface area is 242 Å². The van der Waals surface area contributed by atoms with Crippen molar-refractivity contribution in [3.63, 3.8) is 0 Å². The van der Waals surface area contributed by atoms with Crippen LogP contribution >= 0.6 is 0 Å². The molecule has 1 saturated heterocycles. The van der Waals surface area contributed by atoms with Crippen LogP contribution in [0.3, 0.4) is 0 Å². The number of carbonyl (C=O) groups is 1. The Morgan fingerprint density at radius 3 is 2.62 bits per heavy atom. The molecular formula is C32H31N7O3. The number of fused-ring (bicyclic) bond motifs is 2. The van der Waals surface area contributed by atoms with E-state index in [0.717, 1.165) is 12.8 Å². The minimum atomic E-state index is -0.673. The van der Waals surface area contributed by atoms with E-state index in [9.17, 15) is 9.59 Å². The van der Waals surface area contributed by atoms with Crippen molar-refractivity contribution in [2.75, 3.05) is 5.73 Å². The summed E-state index contributed by atoms with van der Waals surface area (Å²) in [7, 11) is 0. The lowest BCUT2D eigenvalue weighted by molar-refractivity contribution is -0.0419. The lowest BCUT2D eigenvalue weighted by Crippen LogP contribution is -2.33. The van der Waals surface area contributed by atoms with Gasteiger partial charge in [-0.2, -0.15) is 0 Å². The first kappa shape index (κ1) is 27.2.